The third-order valence-electron chi connectivity index (χ3n) is 3.64. The van der Waals surface area contributed by atoms with Gasteiger partial charge in [0.2, 0.25) is 0 Å². The summed E-state index contributed by atoms with van der Waals surface area (Å²) in [6.07, 6.45) is -4.59. The quantitative estimate of drug-likeness (QED) is 0.821. The van der Waals surface area contributed by atoms with Gasteiger partial charge in [-0.05, 0) is 25.8 Å². The summed E-state index contributed by atoms with van der Waals surface area (Å²) in [7, 11) is -3.42. The van der Waals surface area contributed by atoms with Crippen molar-refractivity contribution in [3.05, 3.63) is 35.6 Å². The smallest absolute Gasteiger partial charge is 0.321 e. The number of hydrogen-bond acceptors (Lipinski definition) is 3. The van der Waals surface area contributed by atoms with E-state index in [0.717, 1.165) is 0 Å². The fourth-order valence-electron chi connectivity index (χ4n) is 2.54. The third kappa shape index (κ3) is 4.42. The van der Waals surface area contributed by atoms with Crippen LogP contribution in [0.2, 0.25) is 0 Å². The molecule has 0 spiro atoms. The van der Waals surface area contributed by atoms with E-state index in [1.54, 1.807) is 6.07 Å². The zero-order valence-corrected chi connectivity index (χ0v) is 13.4. The maximum absolute atomic E-state index is 13.9. The third-order valence-corrected chi connectivity index (χ3v) is 5.88. The van der Waals surface area contributed by atoms with Gasteiger partial charge in [-0.15, -0.1) is 0 Å². The molecule has 1 aliphatic rings. The molecule has 9 heteroatoms. The van der Waals surface area contributed by atoms with Crippen molar-refractivity contribution in [2.75, 3.05) is 12.3 Å². The summed E-state index contributed by atoms with van der Waals surface area (Å²) < 4.78 is 71.6. The van der Waals surface area contributed by atoms with E-state index >= 15 is 0 Å². The predicted octanol–water partition coefficient (Wildman–Crippen LogP) is 2.70. The van der Waals surface area contributed by atoms with Gasteiger partial charge in [0.05, 0.1) is 11.3 Å². The number of rotatable bonds is 3. The molecule has 0 radical (unpaired) electrons. The van der Waals surface area contributed by atoms with Crippen molar-refractivity contribution in [1.29, 1.82) is 0 Å². The Bertz CT molecular complexity index is 681. The van der Waals surface area contributed by atoms with Gasteiger partial charge in [-0.3, -0.25) is 0 Å². The molecule has 0 saturated heterocycles. The van der Waals surface area contributed by atoms with Crippen molar-refractivity contribution in [1.82, 2.24) is 4.72 Å². The Hall–Kier alpha value is -1.19. The van der Waals surface area contributed by atoms with Crippen LogP contribution in [0.5, 0.6) is 0 Å². The Morgan fingerprint density at radius 2 is 2.04 bits per heavy atom. The minimum absolute atomic E-state index is 0.0903. The average Bonchev–Trinajstić information content (AvgIpc) is 2.60. The minimum Gasteiger partial charge on any atom is -0.321 e. The van der Waals surface area contributed by atoms with Gasteiger partial charge in [-0.25, -0.2) is 17.7 Å². The Morgan fingerprint density at radius 3 is 2.65 bits per heavy atom. The average molecular weight is 353 g/mol. The van der Waals surface area contributed by atoms with E-state index < -0.39 is 39.2 Å². The number of alkyl halides is 3. The number of nitrogens with one attached hydrogen (secondary N) is 1. The van der Waals surface area contributed by atoms with E-state index in [1.807, 2.05) is 0 Å². The maximum atomic E-state index is 13.9. The van der Waals surface area contributed by atoms with E-state index in [1.165, 1.54) is 25.1 Å². The van der Waals surface area contributed by atoms with Crippen molar-refractivity contribution < 1.29 is 21.8 Å². The number of nitrogens with zero attached hydrogens (tertiary/aromatic N) is 1. The minimum atomic E-state index is -4.56. The highest BCUT2D eigenvalue weighted by molar-refractivity contribution is 7.91. The highest BCUT2D eigenvalue weighted by Crippen LogP contribution is 2.30. The van der Waals surface area contributed by atoms with Crippen molar-refractivity contribution in [2.45, 2.75) is 37.5 Å². The first-order valence-electron chi connectivity index (χ1n) is 7.13. The van der Waals surface area contributed by atoms with Crippen LogP contribution in [0.3, 0.4) is 0 Å². The van der Waals surface area contributed by atoms with Crippen molar-refractivity contribution in [3.8, 4) is 0 Å². The van der Waals surface area contributed by atoms with Crippen LogP contribution in [0.1, 0.15) is 25.3 Å². The summed E-state index contributed by atoms with van der Waals surface area (Å²) in [5.74, 6) is -1.01. The Morgan fingerprint density at radius 1 is 1.39 bits per heavy atom. The molecule has 2 rings (SSSR count). The second-order valence-electron chi connectivity index (χ2n) is 5.88. The topological polar surface area (TPSA) is 67.5 Å². The molecule has 2 unspecified atom stereocenters. The molecule has 1 aliphatic heterocycles. The van der Waals surface area contributed by atoms with Crippen LogP contribution in [-0.4, -0.2) is 28.7 Å². The van der Waals surface area contributed by atoms with Crippen molar-refractivity contribution in [3.63, 3.8) is 0 Å². The van der Waals surface area contributed by atoms with Crippen LogP contribution in [0.15, 0.2) is 28.6 Å². The molecule has 1 aromatic rings. The summed E-state index contributed by atoms with van der Waals surface area (Å²) in [6, 6.07) is 3.66. The van der Waals surface area contributed by atoms with Gasteiger partial charge >= 0.3 is 6.18 Å². The first-order chi connectivity index (χ1) is 10.5. The molecule has 0 saturated carbocycles. The van der Waals surface area contributed by atoms with Gasteiger partial charge in [0.15, 0.2) is 6.04 Å². The molecule has 1 aromatic carbocycles. The fourth-order valence-corrected chi connectivity index (χ4v) is 4.86. The van der Waals surface area contributed by atoms with Crippen molar-refractivity contribution in [2.24, 2.45) is 10.1 Å². The molecule has 0 amide bonds. The zero-order valence-electron chi connectivity index (χ0n) is 12.6. The van der Waals surface area contributed by atoms with Crippen LogP contribution in [0.4, 0.5) is 17.6 Å². The Balaban J connectivity index is 2.37. The number of nitrogens with two attached hydrogens (primary N) is 1. The van der Waals surface area contributed by atoms with Gasteiger partial charge in [0.25, 0.3) is 0 Å². The lowest BCUT2D eigenvalue weighted by molar-refractivity contribution is -0.147. The van der Waals surface area contributed by atoms with Crippen LogP contribution in [-0.2, 0) is 15.5 Å². The molecule has 0 aliphatic carbocycles. The van der Waals surface area contributed by atoms with Crippen molar-refractivity contribution >= 4 is 9.92 Å². The second-order valence-corrected chi connectivity index (χ2v) is 7.95. The molecule has 23 heavy (non-hydrogen) atoms. The lowest BCUT2D eigenvalue weighted by Crippen LogP contribution is -2.45. The van der Waals surface area contributed by atoms with Crippen LogP contribution in [0, 0.1) is 5.82 Å². The molecule has 1 heterocycles. The van der Waals surface area contributed by atoms with E-state index in [2.05, 4.69) is 9.08 Å². The highest BCUT2D eigenvalue weighted by Gasteiger charge is 2.42. The SMILES string of the molecule is C[C@](N)(CS1(=O)=NC(C(F)(F)F)CCCN1)c1ccccc1F. The predicted molar refractivity (Wildman–Crippen MR) is 80.5 cm³/mol. The largest absolute Gasteiger partial charge is 0.411 e. The number of halogens is 4. The highest BCUT2D eigenvalue weighted by atomic mass is 32.2. The van der Waals surface area contributed by atoms with Crippen LogP contribution in [0.25, 0.3) is 0 Å². The zero-order chi connectivity index (χ0) is 17.3. The van der Waals surface area contributed by atoms with Gasteiger partial charge in [0.1, 0.15) is 15.7 Å². The molecule has 3 atom stereocenters. The fraction of sp³-hybridized carbons (Fsp3) is 0.571. The normalized spacial score (nSPS) is 28.5. The van der Waals surface area contributed by atoms with E-state index in [9.17, 15) is 21.8 Å². The summed E-state index contributed by atoms with van der Waals surface area (Å²) in [5.41, 5.74) is 4.73. The Kier molecular flexibility index (Phi) is 5.03. The summed E-state index contributed by atoms with van der Waals surface area (Å²) in [5, 5.41) is 0. The second kappa shape index (κ2) is 6.37. The lowest BCUT2D eigenvalue weighted by atomic mass is 9.95. The molecular weight excluding hydrogens is 334 g/mol. The van der Waals surface area contributed by atoms with E-state index in [-0.39, 0.29) is 24.9 Å². The first-order valence-corrected chi connectivity index (χ1v) is 8.81. The van der Waals surface area contributed by atoms with E-state index in [4.69, 9.17) is 5.73 Å². The van der Waals surface area contributed by atoms with Crippen LogP contribution < -0.4 is 10.5 Å². The summed E-state index contributed by atoms with van der Waals surface area (Å²) in [4.78, 5) is 0. The number of hydrogen-bond donors (Lipinski definition) is 2. The molecule has 130 valence electrons. The van der Waals surface area contributed by atoms with Gasteiger partial charge in [-0.2, -0.15) is 13.2 Å². The maximum Gasteiger partial charge on any atom is 0.411 e. The van der Waals surface area contributed by atoms with E-state index in [0.29, 0.717) is 0 Å². The molecule has 4 nitrogen and oxygen atoms in total. The molecule has 0 fully saturated rings. The molecular formula is C14H19F4N3OS. The standard InChI is InChI=1S/C14H19F4N3OS/c1-13(19,10-5-2-3-6-11(10)15)9-23(22)20-8-4-7-12(21-23)14(16,17)18/h2-3,5-6,12H,4,7-9,19H2,1H3,(H,20,21,22)/t12?,13-,23?/m0/s1. The summed E-state index contributed by atoms with van der Waals surface area (Å²) in [6.45, 7) is 1.57. The number of benzene rings is 1. The molecule has 0 bridgehead atoms. The van der Waals surface area contributed by atoms with Gasteiger partial charge in [-0.1, -0.05) is 18.2 Å². The first kappa shape index (κ1) is 18.2. The van der Waals surface area contributed by atoms with Gasteiger partial charge < -0.3 is 5.73 Å². The molecule has 0 aromatic heterocycles. The van der Waals surface area contributed by atoms with Crippen LogP contribution >= 0.6 is 0 Å². The van der Waals surface area contributed by atoms with Gasteiger partial charge in [0, 0.05) is 12.1 Å². The Labute approximate surface area is 132 Å². The monoisotopic (exact) mass is 353 g/mol. The lowest BCUT2D eigenvalue weighted by Gasteiger charge is -2.27. The molecule has 3 N–H and O–H groups in total. The summed E-state index contributed by atoms with van der Waals surface area (Å²) >= 11 is 0.